The molecular weight excluding hydrogens is 317 g/mol. The third-order valence-electron chi connectivity index (χ3n) is 4.06. The highest BCUT2D eigenvalue weighted by molar-refractivity contribution is 6.33. The molecule has 5 heteroatoms. The summed E-state index contributed by atoms with van der Waals surface area (Å²) in [6.07, 6.45) is 1.43. The van der Waals surface area contributed by atoms with Crippen molar-refractivity contribution in [2.75, 3.05) is 5.43 Å². The second-order valence-corrected chi connectivity index (χ2v) is 6.36. The third-order valence-corrected chi connectivity index (χ3v) is 4.73. The Morgan fingerprint density at radius 1 is 1.00 bits per heavy atom. The predicted molar refractivity (Wildman–Crippen MR) is 90.0 cm³/mol. The van der Waals surface area contributed by atoms with Gasteiger partial charge in [-0.05, 0) is 42.5 Å². The van der Waals surface area contributed by atoms with Gasteiger partial charge in [-0.1, -0.05) is 53.5 Å². The van der Waals surface area contributed by atoms with E-state index in [1.54, 1.807) is 6.07 Å². The smallest absolute Gasteiger partial charge is 0.124 e. The van der Waals surface area contributed by atoms with E-state index in [2.05, 4.69) is 16.9 Å². The summed E-state index contributed by atoms with van der Waals surface area (Å²) in [6.45, 7) is 0. The van der Waals surface area contributed by atoms with Crippen molar-refractivity contribution < 1.29 is 0 Å². The normalized spacial score (nSPS) is 23.4. The van der Waals surface area contributed by atoms with Gasteiger partial charge in [0.25, 0.3) is 0 Å². The van der Waals surface area contributed by atoms with Crippen LogP contribution in [0.4, 0.5) is 5.69 Å². The Hall–Kier alpha value is -1.73. The van der Waals surface area contributed by atoms with Gasteiger partial charge in [-0.2, -0.15) is 5.26 Å². The number of nitrogens with zero attached hydrogens (tertiary/aromatic N) is 1. The second-order valence-electron chi connectivity index (χ2n) is 5.55. The van der Waals surface area contributed by atoms with Gasteiger partial charge in [0.05, 0.1) is 16.8 Å². The Labute approximate surface area is 139 Å². The fourth-order valence-electron chi connectivity index (χ4n) is 2.78. The van der Waals surface area contributed by atoms with Gasteiger partial charge in [0, 0.05) is 5.02 Å². The number of halogens is 2. The molecule has 0 amide bonds. The van der Waals surface area contributed by atoms with Gasteiger partial charge in [0.15, 0.2) is 0 Å². The quantitative estimate of drug-likeness (QED) is 0.794. The minimum absolute atomic E-state index is 0.300. The molecule has 0 bridgehead atoms. The molecule has 0 saturated heterocycles. The second kappa shape index (κ2) is 6.18. The molecule has 1 aliphatic carbocycles. The average Bonchev–Trinajstić information content (AvgIpc) is 2.49. The summed E-state index contributed by atoms with van der Waals surface area (Å²) in [4.78, 5) is 0. The SMILES string of the molecule is N#CC1(NNc2ccccc2Cl)CC(c2ccccc2Cl)C1. The molecule has 1 fully saturated rings. The molecule has 0 unspecified atom stereocenters. The van der Waals surface area contributed by atoms with Gasteiger partial charge in [-0.3, -0.25) is 0 Å². The van der Waals surface area contributed by atoms with E-state index in [1.165, 1.54) is 0 Å². The highest BCUT2D eigenvalue weighted by atomic mass is 35.5. The Morgan fingerprint density at radius 3 is 2.27 bits per heavy atom. The van der Waals surface area contributed by atoms with E-state index in [0.29, 0.717) is 23.8 Å². The number of hydrogen-bond donors (Lipinski definition) is 2. The molecule has 2 N–H and O–H groups in total. The molecule has 0 aliphatic heterocycles. The molecule has 0 atom stereocenters. The largest absolute Gasteiger partial charge is 0.318 e. The van der Waals surface area contributed by atoms with Crippen LogP contribution in [0.5, 0.6) is 0 Å². The third kappa shape index (κ3) is 2.91. The first kappa shape index (κ1) is 15.2. The first-order valence-corrected chi connectivity index (χ1v) is 7.82. The summed E-state index contributed by atoms with van der Waals surface area (Å²) >= 11 is 12.3. The number of hydrazine groups is 1. The molecule has 3 rings (SSSR count). The summed E-state index contributed by atoms with van der Waals surface area (Å²) in [6, 6.07) is 17.6. The first-order valence-electron chi connectivity index (χ1n) is 7.07. The van der Waals surface area contributed by atoms with Gasteiger partial charge in [0.2, 0.25) is 0 Å². The topological polar surface area (TPSA) is 47.9 Å². The van der Waals surface area contributed by atoms with Crippen LogP contribution < -0.4 is 10.9 Å². The lowest BCUT2D eigenvalue weighted by Gasteiger charge is -2.43. The Kier molecular flexibility index (Phi) is 4.26. The molecule has 112 valence electrons. The van der Waals surface area contributed by atoms with Gasteiger partial charge in [-0.15, -0.1) is 0 Å². The van der Waals surface area contributed by atoms with E-state index < -0.39 is 5.54 Å². The van der Waals surface area contributed by atoms with Crippen LogP contribution >= 0.6 is 23.2 Å². The number of rotatable bonds is 4. The lowest BCUT2D eigenvalue weighted by molar-refractivity contribution is 0.228. The number of hydrogen-bond acceptors (Lipinski definition) is 3. The van der Waals surface area contributed by atoms with Crippen molar-refractivity contribution >= 4 is 28.9 Å². The summed E-state index contributed by atoms with van der Waals surface area (Å²) < 4.78 is 0. The predicted octanol–water partition coefficient (Wildman–Crippen LogP) is 4.75. The zero-order chi connectivity index (χ0) is 15.6. The van der Waals surface area contributed by atoms with E-state index in [9.17, 15) is 5.26 Å². The molecule has 2 aromatic rings. The van der Waals surface area contributed by atoms with Crippen molar-refractivity contribution in [1.29, 1.82) is 5.26 Å². The maximum absolute atomic E-state index is 9.50. The van der Waals surface area contributed by atoms with Crippen LogP contribution in [0, 0.1) is 11.3 Å². The summed E-state index contributed by atoms with van der Waals surface area (Å²) in [5.74, 6) is 0.300. The lowest BCUT2D eigenvalue weighted by Crippen LogP contribution is -2.55. The maximum Gasteiger partial charge on any atom is 0.124 e. The minimum Gasteiger partial charge on any atom is -0.318 e. The standard InChI is InChI=1S/C17H15Cl2N3/c18-14-6-2-1-5-13(14)12-9-17(10-12,11-20)22-21-16-8-4-3-7-15(16)19/h1-8,12,21-22H,9-10H2. The molecule has 22 heavy (non-hydrogen) atoms. The number of nitriles is 1. The molecule has 2 aromatic carbocycles. The van der Waals surface area contributed by atoms with E-state index in [4.69, 9.17) is 23.2 Å². The highest BCUT2D eigenvalue weighted by Crippen LogP contribution is 2.46. The Morgan fingerprint density at radius 2 is 1.64 bits per heavy atom. The van der Waals surface area contributed by atoms with E-state index in [0.717, 1.165) is 16.3 Å². The first-order chi connectivity index (χ1) is 10.6. The molecule has 1 saturated carbocycles. The molecule has 0 radical (unpaired) electrons. The van der Waals surface area contributed by atoms with Crippen molar-refractivity contribution in [1.82, 2.24) is 5.43 Å². The number of anilines is 1. The molecule has 1 aliphatic rings. The molecule has 3 nitrogen and oxygen atoms in total. The van der Waals surface area contributed by atoms with Crippen LogP contribution in [0.3, 0.4) is 0 Å². The van der Waals surface area contributed by atoms with Gasteiger partial charge in [0.1, 0.15) is 5.54 Å². The summed E-state index contributed by atoms with van der Waals surface area (Å²) in [7, 11) is 0. The Balaban J connectivity index is 1.66. The van der Waals surface area contributed by atoms with Crippen LogP contribution in [-0.4, -0.2) is 5.54 Å². The van der Waals surface area contributed by atoms with Crippen LogP contribution in [0.2, 0.25) is 10.0 Å². The van der Waals surface area contributed by atoms with Crippen LogP contribution in [0.25, 0.3) is 0 Å². The van der Waals surface area contributed by atoms with Crippen LogP contribution in [0.15, 0.2) is 48.5 Å². The van der Waals surface area contributed by atoms with Crippen LogP contribution in [0.1, 0.15) is 24.3 Å². The summed E-state index contributed by atoms with van der Waals surface area (Å²) in [5, 5.41) is 10.9. The molecule has 0 aromatic heterocycles. The zero-order valence-electron chi connectivity index (χ0n) is 11.8. The Bertz CT molecular complexity index is 712. The summed E-state index contributed by atoms with van der Waals surface area (Å²) in [5.41, 5.74) is 7.45. The van der Waals surface area contributed by atoms with Crippen molar-refractivity contribution in [3.05, 3.63) is 64.1 Å². The van der Waals surface area contributed by atoms with Crippen molar-refractivity contribution in [3.8, 4) is 6.07 Å². The van der Waals surface area contributed by atoms with Crippen molar-refractivity contribution in [2.24, 2.45) is 0 Å². The zero-order valence-corrected chi connectivity index (χ0v) is 13.3. The lowest BCUT2D eigenvalue weighted by atomic mass is 9.66. The van der Waals surface area contributed by atoms with E-state index in [1.807, 2.05) is 42.5 Å². The number of benzene rings is 2. The van der Waals surface area contributed by atoms with Gasteiger partial charge in [-0.25, -0.2) is 5.43 Å². The fourth-order valence-corrected chi connectivity index (χ4v) is 3.25. The number of nitrogens with one attached hydrogen (secondary N) is 2. The molecule has 0 spiro atoms. The highest BCUT2D eigenvalue weighted by Gasteiger charge is 2.46. The minimum atomic E-state index is -0.594. The monoisotopic (exact) mass is 331 g/mol. The molecule has 0 heterocycles. The van der Waals surface area contributed by atoms with E-state index in [-0.39, 0.29) is 0 Å². The van der Waals surface area contributed by atoms with Gasteiger partial charge < -0.3 is 5.43 Å². The van der Waals surface area contributed by atoms with Gasteiger partial charge >= 0.3 is 0 Å². The fraction of sp³-hybridized carbons (Fsp3) is 0.235. The van der Waals surface area contributed by atoms with E-state index >= 15 is 0 Å². The molecular formula is C17H15Cl2N3. The maximum atomic E-state index is 9.50. The average molecular weight is 332 g/mol. The van der Waals surface area contributed by atoms with Crippen molar-refractivity contribution in [3.63, 3.8) is 0 Å². The van der Waals surface area contributed by atoms with Crippen LogP contribution in [-0.2, 0) is 0 Å². The number of para-hydroxylation sites is 1. The van der Waals surface area contributed by atoms with Crippen molar-refractivity contribution in [2.45, 2.75) is 24.3 Å².